The second-order valence-electron chi connectivity index (χ2n) is 23.8. The number of amides is 4. The van der Waals surface area contributed by atoms with E-state index in [4.69, 9.17) is 65.4 Å². The zero-order valence-corrected chi connectivity index (χ0v) is 52.1. The summed E-state index contributed by atoms with van der Waals surface area (Å²) in [6.07, 6.45) is 4.07. The number of rotatable bonds is 14. The van der Waals surface area contributed by atoms with E-state index in [0.29, 0.717) is 104 Å². The van der Waals surface area contributed by atoms with Crippen LogP contribution in [0.3, 0.4) is 0 Å². The van der Waals surface area contributed by atoms with Crippen molar-refractivity contribution in [1.82, 2.24) is 0 Å². The van der Waals surface area contributed by atoms with Crippen molar-refractivity contribution in [2.75, 3.05) is 9.80 Å². The predicted octanol–water partition coefficient (Wildman–Crippen LogP) is 21.6. The van der Waals surface area contributed by atoms with Gasteiger partial charge in [-0.2, -0.15) is 0 Å². The molecule has 1 atom stereocenters. The topological polar surface area (TPSA) is 112 Å². The highest BCUT2D eigenvalue weighted by Gasteiger charge is 2.44. The number of para-hydroxylation sites is 2. The summed E-state index contributed by atoms with van der Waals surface area (Å²) in [5.74, 6) is -0.716. The van der Waals surface area contributed by atoms with Crippen LogP contribution < -0.4 is 28.7 Å². The van der Waals surface area contributed by atoms with E-state index in [2.05, 4.69) is 0 Å². The Balaban J connectivity index is 1.27. The van der Waals surface area contributed by atoms with Crippen molar-refractivity contribution in [2.24, 2.45) is 5.92 Å². The van der Waals surface area contributed by atoms with E-state index in [0.717, 1.165) is 22.3 Å². The van der Waals surface area contributed by atoms with Crippen LogP contribution in [0.2, 0.25) is 15.1 Å². The Kier molecular flexibility index (Phi) is 14.6. The van der Waals surface area contributed by atoms with Gasteiger partial charge in [-0.25, -0.2) is 9.80 Å². The molecule has 0 radical (unpaired) electrons. The highest BCUT2D eigenvalue weighted by Crippen LogP contribution is 2.59. The number of nitrogens with zero attached hydrogens (tertiary/aromatic N) is 2. The van der Waals surface area contributed by atoms with Crippen LogP contribution in [-0.4, -0.2) is 23.6 Å². The first-order chi connectivity index (χ1) is 41.7. The minimum atomic E-state index is -0.585. The van der Waals surface area contributed by atoms with Gasteiger partial charge in [0.2, 0.25) is 0 Å². The zero-order chi connectivity index (χ0) is 61.2. The molecule has 0 bridgehead atoms. The van der Waals surface area contributed by atoms with E-state index in [-0.39, 0.29) is 74.8 Å². The fourth-order valence-corrected chi connectivity index (χ4v) is 13.5. The number of benzene rings is 10. The van der Waals surface area contributed by atoms with Crippen molar-refractivity contribution >= 4 is 124 Å². The lowest BCUT2D eigenvalue weighted by atomic mass is 9.80. The molecule has 2 aliphatic heterocycles. The number of hydrogen-bond acceptors (Lipinski definition) is 8. The molecular formula is C73H58Cl4N2O8. The summed E-state index contributed by atoms with van der Waals surface area (Å²) in [6.45, 7) is 18.3. The average Bonchev–Trinajstić information content (AvgIpc) is 0.678. The van der Waals surface area contributed by atoms with Crippen molar-refractivity contribution in [3.8, 4) is 40.2 Å². The van der Waals surface area contributed by atoms with Gasteiger partial charge in [-0.05, 0) is 155 Å². The highest BCUT2D eigenvalue weighted by atomic mass is 35.5. The van der Waals surface area contributed by atoms with Gasteiger partial charge >= 0.3 is 0 Å². The first kappa shape index (κ1) is 57.7. The number of halogens is 4. The lowest BCUT2D eigenvalue weighted by molar-refractivity contribution is 0.0877. The van der Waals surface area contributed by atoms with Crippen LogP contribution in [-0.2, 0) is 0 Å². The SMILES string of the molecule is CC1CC(Cl)=CC=C1Oc1cc2c3c(cc(Oc4cccc(Cl)c4)c4c5c(Oc6ccc(Cl)cc6)cc6c7c(cc(Oc8ccc(Cl)cc8)c(c1c34)c75)C(=O)N(c1c(C(C)C)cccc1C(C)C)C6=O)C(=O)N(c1c(C(C)C)cccc1C(C)C)C2=O. The average molecular weight is 1230 g/mol. The molecule has 3 aliphatic rings. The van der Waals surface area contributed by atoms with Gasteiger partial charge in [0.05, 0.1) is 33.6 Å². The second-order valence-corrected chi connectivity index (χ2v) is 25.6. The van der Waals surface area contributed by atoms with E-state index in [1.165, 1.54) is 9.80 Å². The highest BCUT2D eigenvalue weighted by molar-refractivity contribution is 6.48. The second kappa shape index (κ2) is 22.1. The first-order valence-electron chi connectivity index (χ1n) is 29.1. The van der Waals surface area contributed by atoms with Gasteiger partial charge in [-0.15, -0.1) is 0 Å². The van der Waals surface area contributed by atoms with Gasteiger partial charge in [0.15, 0.2) is 0 Å². The van der Waals surface area contributed by atoms with E-state index < -0.39 is 23.6 Å². The van der Waals surface area contributed by atoms with Crippen LogP contribution in [0, 0.1) is 5.92 Å². The Morgan fingerprint density at radius 1 is 0.379 bits per heavy atom. The molecule has 2 heterocycles. The molecule has 0 N–H and O–H groups in total. The third kappa shape index (κ3) is 9.64. The van der Waals surface area contributed by atoms with E-state index in [9.17, 15) is 0 Å². The molecule has 4 amide bonds. The molecule has 10 aromatic carbocycles. The van der Waals surface area contributed by atoms with Crippen molar-refractivity contribution in [3.63, 3.8) is 0 Å². The van der Waals surface area contributed by atoms with Crippen LogP contribution in [0.1, 0.15) is 156 Å². The van der Waals surface area contributed by atoms with Gasteiger partial charge in [0.25, 0.3) is 23.6 Å². The molecular weight excluding hydrogens is 1170 g/mol. The van der Waals surface area contributed by atoms with Crippen molar-refractivity contribution in [3.05, 3.63) is 216 Å². The van der Waals surface area contributed by atoms with Crippen molar-refractivity contribution in [2.45, 2.75) is 92.4 Å². The van der Waals surface area contributed by atoms with Gasteiger partial charge in [0, 0.05) is 69.1 Å². The van der Waals surface area contributed by atoms with Crippen molar-refractivity contribution < 1.29 is 38.1 Å². The fraction of sp³-hybridized carbons (Fsp3) is 0.205. The zero-order valence-electron chi connectivity index (χ0n) is 49.1. The van der Waals surface area contributed by atoms with Gasteiger partial charge < -0.3 is 18.9 Å². The van der Waals surface area contributed by atoms with Crippen LogP contribution in [0.5, 0.6) is 40.2 Å². The Morgan fingerprint density at radius 3 is 1.07 bits per heavy atom. The summed E-state index contributed by atoms with van der Waals surface area (Å²) in [4.78, 5) is 67.6. The van der Waals surface area contributed by atoms with Crippen molar-refractivity contribution in [1.29, 1.82) is 0 Å². The molecule has 1 aliphatic carbocycles. The summed E-state index contributed by atoms with van der Waals surface area (Å²) in [6, 6.07) is 39.1. The van der Waals surface area contributed by atoms with Gasteiger partial charge in [0.1, 0.15) is 46.0 Å². The third-order valence-corrected chi connectivity index (χ3v) is 17.8. The molecule has 0 saturated heterocycles. The molecule has 0 saturated carbocycles. The number of carbonyl (C=O) groups is 4. The molecule has 10 nitrogen and oxygen atoms in total. The Morgan fingerprint density at radius 2 is 0.724 bits per heavy atom. The summed E-state index contributed by atoms with van der Waals surface area (Å²) >= 11 is 26.6. The Labute approximate surface area is 523 Å². The standard InChI is InChI=1S/C73H58Cl4N2O8/c1-35(2)47-15-11-16-48(36(3)4)68(47)78-70(80)51-31-56(84-44-24-19-40(74)20-25-44)62-64-58(86-46-14-10-13-42(76)30-46)33-53-61-54(73(83)79(72(53)82)69-49(37(5)6)17-12-18-50(69)38(7)8)34-59(87-55-28-23-43(77)29-39(55)9)65(67(61)64)63-57(85-45-26-21-41(75)22-27-45)32-52(71(78)81)60(51)66(62)63/h10-28,30-39H,29H2,1-9H3. The largest absolute Gasteiger partial charge is 0.461 e. The molecule has 0 fully saturated rings. The Hall–Kier alpha value is -8.38. The monoisotopic (exact) mass is 1230 g/mol. The van der Waals surface area contributed by atoms with Crippen LogP contribution in [0.25, 0.3) is 43.1 Å². The number of allylic oxidation sites excluding steroid dienone is 4. The van der Waals surface area contributed by atoms with Crippen LogP contribution >= 0.6 is 46.4 Å². The van der Waals surface area contributed by atoms with Crippen LogP contribution in [0.4, 0.5) is 11.4 Å². The summed E-state index contributed by atoms with van der Waals surface area (Å²) < 4.78 is 28.8. The van der Waals surface area contributed by atoms with E-state index in [1.807, 2.05) is 105 Å². The maximum absolute atomic E-state index is 16.3. The molecule has 1 unspecified atom stereocenters. The predicted molar refractivity (Wildman–Crippen MR) is 350 cm³/mol. The summed E-state index contributed by atoms with van der Waals surface area (Å²) in [7, 11) is 0. The fourth-order valence-electron chi connectivity index (χ4n) is 12.8. The quantitative estimate of drug-likeness (QED) is 0.0601. The molecule has 0 aromatic heterocycles. The Bertz CT molecular complexity index is 4590. The maximum Gasteiger partial charge on any atom is 0.266 e. The molecule has 13 rings (SSSR count). The number of hydrogen-bond donors (Lipinski definition) is 0. The minimum absolute atomic E-state index is 0.0962. The van der Waals surface area contributed by atoms with Gasteiger partial charge in [-0.3, -0.25) is 19.2 Å². The number of fused-ring (bicyclic) bond motifs is 2. The number of anilines is 2. The normalized spacial score (nSPS) is 15.2. The maximum atomic E-state index is 16.3. The number of ether oxygens (including phenoxy) is 4. The number of carbonyl (C=O) groups excluding carboxylic acids is 4. The molecule has 14 heteroatoms. The van der Waals surface area contributed by atoms with E-state index >= 15 is 19.2 Å². The lowest BCUT2D eigenvalue weighted by Gasteiger charge is -2.35. The molecule has 10 aromatic rings. The number of imide groups is 2. The minimum Gasteiger partial charge on any atom is -0.461 e. The molecule has 0 spiro atoms. The first-order valence-corrected chi connectivity index (χ1v) is 30.6. The molecule has 87 heavy (non-hydrogen) atoms. The third-order valence-electron chi connectivity index (χ3n) is 16.8. The lowest BCUT2D eigenvalue weighted by Crippen LogP contribution is -2.42. The summed E-state index contributed by atoms with van der Waals surface area (Å²) in [5, 5.41) is 4.74. The van der Waals surface area contributed by atoms with Gasteiger partial charge in [-0.1, -0.05) is 151 Å². The van der Waals surface area contributed by atoms with E-state index in [1.54, 1.807) is 103 Å². The van der Waals surface area contributed by atoms with Crippen LogP contribution in [0.15, 0.2) is 156 Å². The summed E-state index contributed by atoms with van der Waals surface area (Å²) in [5.41, 5.74) is 4.87. The smallest absolute Gasteiger partial charge is 0.266 e. The molecule has 436 valence electrons.